The Kier molecular flexibility index (Phi) is 3.48. The fourth-order valence-electron chi connectivity index (χ4n) is 2.11. The van der Waals surface area contributed by atoms with Gasteiger partial charge >= 0.3 is 0 Å². The number of hydrogen-bond donors (Lipinski definition) is 1. The van der Waals surface area contributed by atoms with Crippen LogP contribution in [0.25, 0.3) is 10.9 Å². The summed E-state index contributed by atoms with van der Waals surface area (Å²) in [6, 6.07) is 17.1. The molecule has 0 fully saturated rings. The molecule has 0 spiro atoms. The Bertz CT molecular complexity index is 786. The zero-order valence-corrected chi connectivity index (χ0v) is 11.6. The number of benzene rings is 2. The summed E-state index contributed by atoms with van der Waals surface area (Å²) in [5, 5.41) is 1.06. The highest BCUT2D eigenvalue weighted by atomic mass is 32.2. The molecule has 1 aromatic heterocycles. The van der Waals surface area contributed by atoms with Crippen LogP contribution in [-0.2, 0) is 16.6 Å². The van der Waals surface area contributed by atoms with Gasteiger partial charge in [0.05, 0.1) is 22.1 Å². The topological polar surface area (TPSA) is 56.0 Å². The number of rotatable bonds is 3. The molecule has 0 saturated carbocycles. The lowest BCUT2D eigenvalue weighted by Crippen LogP contribution is -1.97. The average Bonchev–Trinajstić information content (AvgIpc) is 2.47. The molecule has 20 heavy (non-hydrogen) atoms. The molecule has 1 atom stereocenters. The van der Waals surface area contributed by atoms with E-state index in [1.54, 1.807) is 18.3 Å². The third kappa shape index (κ3) is 2.70. The van der Waals surface area contributed by atoms with E-state index >= 15 is 0 Å². The van der Waals surface area contributed by atoms with Crippen molar-refractivity contribution in [2.24, 2.45) is 0 Å². The Labute approximate surface area is 119 Å². The number of nitrogens with two attached hydrogens (primary N) is 1. The van der Waals surface area contributed by atoms with Gasteiger partial charge in [0, 0.05) is 22.2 Å². The van der Waals surface area contributed by atoms with Crippen LogP contribution in [-0.4, -0.2) is 9.19 Å². The molecule has 0 saturated heterocycles. The minimum Gasteiger partial charge on any atom is -0.399 e. The number of fused-ring (bicyclic) bond motifs is 1. The molecule has 1 heterocycles. The minimum absolute atomic E-state index is 0.480. The third-order valence-corrected chi connectivity index (χ3v) is 4.46. The largest absolute Gasteiger partial charge is 0.399 e. The lowest BCUT2D eigenvalue weighted by molar-refractivity contribution is 0.682. The van der Waals surface area contributed by atoms with Crippen molar-refractivity contribution in [1.82, 2.24) is 4.98 Å². The van der Waals surface area contributed by atoms with Crippen molar-refractivity contribution in [3.63, 3.8) is 0 Å². The summed E-state index contributed by atoms with van der Waals surface area (Å²) in [6.45, 7) is 0. The van der Waals surface area contributed by atoms with E-state index in [9.17, 15) is 4.21 Å². The molecule has 1 unspecified atom stereocenters. The highest BCUT2D eigenvalue weighted by Crippen LogP contribution is 2.18. The summed E-state index contributed by atoms with van der Waals surface area (Å²) in [6.07, 6.45) is 1.77. The molecule has 100 valence electrons. The molecule has 3 nitrogen and oxygen atoms in total. The Hall–Kier alpha value is -2.20. The van der Waals surface area contributed by atoms with Gasteiger partial charge < -0.3 is 5.73 Å². The van der Waals surface area contributed by atoms with Gasteiger partial charge in [-0.15, -0.1) is 0 Å². The molecule has 0 aliphatic carbocycles. The van der Waals surface area contributed by atoms with E-state index in [1.807, 2.05) is 42.5 Å². The lowest BCUT2D eigenvalue weighted by atomic mass is 10.1. The molecule has 0 aliphatic rings. The first-order valence-electron chi connectivity index (χ1n) is 6.30. The fraction of sp³-hybridized carbons (Fsp3) is 0.0625. The first-order valence-corrected chi connectivity index (χ1v) is 7.62. The van der Waals surface area contributed by atoms with E-state index in [0.29, 0.717) is 11.4 Å². The van der Waals surface area contributed by atoms with Gasteiger partial charge in [0.1, 0.15) is 0 Å². The summed E-state index contributed by atoms with van der Waals surface area (Å²) in [7, 11) is -1.09. The van der Waals surface area contributed by atoms with E-state index < -0.39 is 10.8 Å². The van der Waals surface area contributed by atoms with Crippen LogP contribution in [0.1, 0.15) is 5.56 Å². The SMILES string of the molecule is Nc1cccc(S(=O)Cc2ccc3ncccc3c2)c1. The monoisotopic (exact) mass is 282 g/mol. The number of hydrogen-bond acceptors (Lipinski definition) is 3. The zero-order chi connectivity index (χ0) is 13.9. The molecule has 0 amide bonds. The van der Waals surface area contributed by atoms with Gasteiger partial charge in [0.2, 0.25) is 0 Å². The van der Waals surface area contributed by atoms with Crippen molar-refractivity contribution in [2.75, 3.05) is 5.73 Å². The molecular weight excluding hydrogens is 268 g/mol. The Morgan fingerprint density at radius 2 is 1.95 bits per heavy atom. The van der Waals surface area contributed by atoms with Crippen LogP contribution >= 0.6 is 0 Å². The van der Waals surface area contributed by atoms with E-state index in [0.717, 1.165) is 21.4 Å². The van der Waals surface area contributed by atoms with Gasteiger partial charge in [-0.2, -0.15) is 0 Å². The van der Waals surface area contributed by atoms with Gasteiger partial charge in [-0.3, -0.25) is 9.19 Å². The van der Waals surface area contributed by atoms with E-state index in [1.165, 1.54) is 0 Å². The standard InChI is InChI=1S/C16H14N2OS/c17-14-4-1-5-15(10-14)20(19)11-12-6-7-16-13(9-12)3-2-8-18-16/h1-10H,11,17H2. The molecule has 0 bridgehead atoms. The van der Waals surface area contributed by atoms with E-state index in [2.05, 4.69) is 4.98 Å². The first-order chi connectivity index (χ1) is 9.72. The van der Waals surface area contributed by atoms with Gasteiger partial charge in [-0.25, -0.2) is 0 Å². The van der Waals surface area contributed by atoms with Gasteiger partial charge in [-0.05, 0) is 42.0 Å². The van der Waals surface area contributed by atoms with Crippen LogP contribution in [0.5, 0.6) is 0 Å². The lowest BCUT2D eigenvalue weighted by Gasteiger charge is -2.05. The quantitative estimate of drug-likeness (QED) is 0.751. The second kappa shape index (κ2) is 5.43. The van der Waals surface area contributed by atoms with E-state index in [4.69, 9.17) is 5.73 Å². The van der Waals surface area contributed by atoms with Crippen molar-refractivity contribution in [2.45, 2.75) is 10.6 Å². The van der Waals surface area contributed by atoms with Crippen LogP contribution in [0.2, 0.25) is 0 Å². The summed E-state index contributed by atoms with van der Waals surface area (Å²) in [5.74, 6) is 0.480. The number of nitrogen functional groups attached to an aromatic ring is 1. The maximum atomic E-state index is 12.3. The summed E-state index contributed by atoms with van der Waals surface area (Å²) < 4.78 is 12.3. The maximum Gasteiger partial charge on any atom is 0.0702 e. The number of anilines is 1. The fourth-order valence-corrected chi connectivity index (χ4v) is 3.25. The van der Waals surface area contributed by atoms with E-state index in [-0.39, 0.29) is 0 Å². The van der Waals surface area contributed by atoms with Crippen LogP contribution in [0.3, 0.4) is 0 Å². The van der Waals surface area contributed by atoms with Gasteiger partial charge in [0.25, 0.3) is 0 Å². The first kappa shape index (κ1) is 12.8. The van der Waals surface area contributed by atoms with Crippen molar-refractivity contribution in [3.05, 3.63) is 66.4 Å². The van der Waals surface area contributed by atoms with Crippen molar-refractivity contribution in [3.8, 4) is 0 Å². The number of pyridine rings is 1. The predicted molar refractivity (Wildman–Crippen MR) is 82.7 cm³/mol. The summed E-state index contributed by atoms with van der Waals surface area (Å²) in [5.41, 5.74) is 8.34. The van der Waals surface area contributed by atoms with Gasteiger partial charge in [0.15, 0.2) is 0 Å². The average molecular weight is 282 g/mol. The molecule has 4 heteroatoms. The number of aromatic nitrogens is 1. The van der Waals surface area contributed by atoms with Gasteiger partial charge in [-0.1, -0.05) is 18.2 Å². The smallest absolute Gasteiger partial charge is 0.0702 e. The van der Waals surface area contributed by atoms with Crippen molar-refractivity contribution >= 4 is 27.4 Å². The molecular formula is C16H14N2OS. The second-order valence-corrected chi connectivity index (χ2v) is 6.04. The molecule has 2 aromatic carbocycles. The second-order valence-electron chi connectivity index (χ2n) is 4.59. The van der Waals surface area contributed by atoms with Crippen LogP contribution in [0, 0.1) is 0 Å². The Morgan fingerprint density at radius 3 is 2.80 bits per heavy atom. The maximum absolute atomic E-state index is 12.3. The normalized spacial score (nSPS) is 12.4. The Balaban J connectivity index is 1.87. The highest BCUT2D eigenvalue weighted by molar-refractivity contribution is 7.84. The molecule has 2 N–H and O–H groups in total. The molecule has 3 aromatic rings. The minimum atomic E-state index is -1.09. The Morgan fingerprint density at radius 1 is 1.05 bits per heavy atom. The highest BCUT2D eigenvalue weighted by Gasteiger charge is 2.06. The van der Waals surface area contributed by atoms with Crippen molar-refractivity contribution < 1.29 is 4.21 Å². The van der Waals surface area contributed by atoms with Crippen LogP contribution < -0.4 is 5.73 Å². The van der Waals surface area contributed by atoms with Crippen molar-refractivity contribution in [1.29, 1.82) is 0 Å². The molecule has 0 aliphatic heterocycles. The van der Waals surface area contributed by atoms with Crippen LogP contribution in [0.15, 0.2) is 65.7 Å². The predicted octanol–water partition coefficient (Wildman–Crippen LogP) is 3.12. The van der Waals surface area contributed by atoms with Crippen LogP contribution in [0.4, 0.5) is 5.69 Å². The third-order valence-electron chi connectivity index (χ3n) is 3.09. The molecule has 0 radical (unpaired) electrons. The molecule has 3 rings (SSSR count). The number of nitrogens with zero attached hydrogens (tertiary/aromatic N) is 1. The summed E-state index contributed by atoms with van der Waals surface area (Å²) in [4.78, 5) is 5.04. The summed E-state index contributed by atoms with van der Waals surface area (Å²) >= 11 is 0. The zero-order valence-electron chi connectivity index (χ0n) is 10.8.